The van der Waals surface area contributed by atoms with Gasteiger partial charge in [0.1, 0.15) is 0 Å². The van der Waals surface area contributed by atoms with Crippen LogP contribution in [0.3, 0.4) is 0 Å². The van der Waals surface area contributed by atoms with Crippen LogP contribution in [0.25, 0.3) is 0 Å². The summed E-state index contributed by atoms with van der Waals surface area (Å²) in [6.07, 6.45) is 0. The van der Waals surface area contributed by atoms with Gasteiger partial charge in [-0.1, -0.05) is 0 Å². The van der Waals surface area contributed by atoms with E-state index in [9.17, 15) is 0 Å². The molecule has 1 aliphatic rings. The lowest BCUT2D eigenvalue weighted by Gasteiger charge is -2.03. The average molecular weight is 170 g/mol. The van der Waals surface area contributed by atoms with Crippen molar-refractivity contribution in [2.24, 2.45) is 0 Å². The summed E-state index contributed by atoms with van der Waals surface area (Å²) < 4.78 is 46.3. The summed E-state index contributed by atoms with van der Waals surface area (Å²) in [5.41, 5.74) is 0.329. The Labute approximate surface area is 78.3 Å². The highest BCUT2D eigenvalue weighted by Gasteiger charge is 2.12. The molecular weight excluding hydrogens is 154 g/mol. The Hall–Kier alpha value is -1.38. The number of nitrogens with one attached hydrogen (secondary N) is 1. The van der Waals surface area contributed by atoms with Crippen LogP contribution < -0.4 is 14.8 Å². The van der Waals surface area contributed by atoms with Crippen LogP contribution in [0.2, 0.25) is 0 Å². The van der Waals surface area contributed by atoms with E-state index in [0.717, 1.165) is 0 Å². The van der Waals surface area contributed by atoms with Gasteiger partial charge in [-0.15, -0.1) is 0 Å². The maximum atomic E-state index is 7.43. The van der Waals surface area contributed by atoms with Crippen molar-refractivity contribution in [3.63, 3.8) is 0 Å². The standard InChI is InChI=1S/C9H11NO2/c1-2-10-7-3-4-8-9(5-7)12-6-11-8/h3-5,10H,2,6H2,1H3/i1D3,2D2. The van der Waals surface area contributed by atoms with Crippen molar-refractivity contribution < 1.29 is 16.3 Å². The van der Waals surface area contributed by atoms with Crippen LogP contribution in [0, 0.1) is 0 Å². The largest absolute Gasteiger partial charge is 0.454 e. The van der Waals surface area contributed by atoms with Crippen molar-refractivity contribution in [2.45, 2.75) is 6.85 Å². The molecule has 0 bridgehead atoms. The van der Waals surface area contributed by atoms with Gasteiger partial charge in [0.25, 0.3) is 0 Å². The maximum absolute atomic E-state index is 7.43. The highest BCUT2D eigenvalue weighted by Crippen LogP contribution is 2.33. The maximum Gasteiger partial charge on any atom is 0.231 e. The van der Waals surface area contributed by atoms with Gasteiger partial charge >= 0.3 is 0 Å². The van der Waals surface area contributed by atoms with Crippen LogP contribution in [-0.4, -0.2) is 13.3 Å². The second-order valence-corrected chi connectivity index (χ2v) is 2.32. The molecule has 1 N–H and O–H groups in total. The molecule has 0 saturated heterocycles. The van der Waals surface area contributed by atoms with Crippen molar-refractivity contribution in [2.75, 3.05) is 18.6 Å². The molecule has 0 spiro atoms. The van der Waals surface area contributed by atoms with E-state index in [4.69, 9.17) is 16.3 Å². The van der Waals surface area contributed by atoms with Crippen LogP contribution >= 0.6 is 0 Å². The monoisotopic (exact) mass is 170 g/mol. The molecule has 3 heteroatoms. The first-order valence-electron chi connectivity index (χ1n) is 5.97. The SMILES string of the molecule is [2H]C([2H])([2H])C([2H])([2H])Nc1ccc2c(c1)OCO2. The summed E-state index contributed by atoms with van der Waals surface area (Å²) in [6, 6.07) is 4.64. The summed E-state index contributed by atoms with van der Waals surface area (Å²) in [7, 11) is 0. The van der Waals surface area contributed by atoms with Gasteiger partial charge in [-0.05, 0) is 19.0 Å². The normalized spacial score (nSPS) is 21.5. The fourth-order valence-electron chi connectivity index (χ4n) is 1.05. The van der Waals surface area contributed by atoms with E-state index < -0.39 is 13.3 Å². The molecule has 1 aromatic carbocycles. The molecule has 0 radical (unpaired) electrons. The van der Waals surface area contributed by atoms with Gasteiger partial charge < -0.3 is 14.8 Å². The number of ether oxygens (including phenoxy) is 2. The fourth-order valence-corrected chi connectivity index (χ4v) is 1.05. The van der Waals surface area contributed by atoms with Crippen molar-refractivity contribution in [1.82, 2.24) is 0 Å². The van der Waals surface area contributed by atoms with E-state index in [1.165, 1.54) is 12.1 Å². The molecule has 12 heavy (non-hydrogen) atoms. The quantitative estimate of drug-likeness (QED) is 0.734. The lowest BCUT2D eigenvalue weighted by Crippen LogP contribution is -1.95. The van der Waals surface area contributed by atoms with E-state index in [2.05, 4.69) is 5.32 Å². The minimum Gasteiger partial charge on any atom is -0.454 e. The van der Waals surface area contributed by atoms with Gasteiger partial charge in [-0.2, -0.15) is 0 Å². The molecule has 0 atom stereocenters. The molecule has 0 unspecified atom stereocenters. The van der Waals surface area contributed by atoms with Gasteiger partial charge in [-0.3, -0.25) is 0 Å². The van der Waals surface area contributed by atoms with Gasteiger partial charge in [-0.25, -0.2) is 0 Å². The molecule has 1 heterocycles. The van der Waals surface area contributed by atoms with Crippen LogP contribution in [0.4, 0.5) is 5.69 Å². The predicted molar refractivity (Wildman–Crippen MR) is 46.7 cm³/mol. The van der Waals surface area contributed by atoms with Gasteiger partial charge in [0.15, 0.2) is 11.5 Å². The summed E-state index contributed by atoms with van der Waals surface area (Å²) >= 11 is 0. The van der Waals surface area contributed by atoms with Crippen LogP contribution in [0.5, 0.6) is 11.5 Å². The third-order valence-electron chi connectivity index (χ3n) is 1.58. The topological polar surface area (TPSA) is 30.5 Å². The first-order valence-corrected chi connectivity index (χ1v) is 3.47. The Bertz CT molecular complexity index is 432. The molecule has 0 amide bonds. The summed E-state index contributed by atoms with van der Waals surface area (Å²) in [5.74, 6) is 1.03. The summed E-state index contributed by atoms with van der Waals surface area (Å²) in [5, 5.41) is 2.32. The zero-order valence-electron chi connectivity index (χ0n) is 11.3. The Kier molecular flexibility index (Phi) is 0.869. The lowest BCUT2D eigenvalue weighted by atomic mass is 10.3. The molecule has 64 valence electrons. The molecule has 2 rings (SSSR count). The number of fused-ring (bicyclic) bond motifs is 1. The van der Waals surface area contributed by atoms with E-state index in [-0.39, 0.29) is 6.79 Å². The number of benzene rings is 1. The zero-order valence-corrected chi connectivity index (χ0v) is 6.26. The highest BCUT2D eigenvalue weighted by molar-refractivity contribution is 5.55. The second kappa shape index (κ2) is 2.93. The predicted octanol–water partition coefficient (Wildman–Crippen LogP) is 1.85. The third-order valence-corrected chi connectivity index (χ3v) is 1.58. The summed E-state index contributed by atoms with van der Waals surface area (Å²) in [6.45, 7) is -5.13. The second-order valence-electron chi connectivity index (χ2n) is 2.32. The minimum absolute atomic E-state index is 0.116. The smallest absolute Gasteiger partial charge is 0.231 e. The van der Waals surface area contributed by atoms with Gasteiger partial charge in [0, 0.05) is 25.1 Å². The van der Waals surface area contributed by atoms with Crippen LogP contribution in [-0.2, 0) is 0 Å². The van der Waals surface area contributed by atoms with E-state index in [1.54, 1.807) is 6.07 Å². The number of anilines is 1. The summed E-state index contributed by atoms with van der Waals surface area (Å²) in [4.78, 5) is 0. The Morgan fingerprint density at radius 2 is 2.50 bits per heavy atom. The molecule has 0 saturated carbocycles. The molecular formula is C9H11NO2. The third kappa shape index (κ3) is 1.18. The van der Waals surface area contributed by atoms with E-state index in [1.807, 2.05) is 0 Å². The molecule has 0 fully saturated rings. The van der Waals surface area contributed by atoms with Crippen LogP contribution in [0.1, 0.15) is 13.7 Å². The molecule has 0 aliphatic carbocycles. The fraction of sp³-hybridized carbons (Fsp3) is 0.333. The van der Waals surface area contributed by atoms with Crippen molar-refractivity contribution >= 4 is 5.69 Å². The highest BCUT2D eigenvalue weighted by atomic mass is 16.7. The Morgan fingerprint density at radius 3 is 3.42 bits per heavy atom. The molecule has 1 aliphatic heterocycles. The Morgan fingerprint density at radius 1 is 1.58 bits per heavy atom. The molecule has 0 aromatic heterocycles. The first kappa shape index (κ1) is 3.56. The lowest BCUT2D eigenvalue weighted by molar-refractivity contribution is 0.174. The van der Waals surface area contributed by atoms with Gasteiger partial charge in [0.2, 0.25) is 6.79 Å². The van der Waals surface area contributed by atoms with Gasteiger partial charge in [0.05, 0.1) is 0 Å². The van der Waals surface area contributed by atoms with E-state index in [0.29, 0.717) is 17.2 Å². The van der Waals surface area contributed by atoms with Crippen molar-refractivity contribution in [3.05, 3.63) is 18.2 Å². The first-order chi connectivity index (χ1) is 7.79. The van der Waals surface area contributed by atoms with Crippen LogP contribution in [0.15, 0.2) is 18.2 Å². The molecule has 3 nitrogen and oxygen atoms in total. The Balaban J connectivity index is 2.20. The number of hydrogen-bond donors (Lipinski definition) is 1. The molecule has 1 aromatic rings. The number of rotatable bonds is 2. The average Bonchev–Trinajstić information content (AvgIpc) is 2.62. The zero-order chi connectivity index (χ0) is 12.7. The van der Waals surface area contributed by atoms with E-state index >= 15 is 0 Å². The number of hydrogen-bond acceptors (Lipinski definition) is 3. The van der Waals surface area contributed by atoms with Crippen molar-refractivity contribution in [3.8, 4) is 11.5 Å². The minimum atomic E-state index is -2.75. The van der Waals surface area contributed by atoms with Crippen molar-refractivity contribution in [1.29, 1.82) is 0 Å².